The smallest absolute Gasteiger partial charge is 0.432 e. The lowest BCUT2D eigenvalue weighted by atomic mass is 9.61. The van der Waals surface area contributed by atoms with Crippen molar-refractivity contribution in [2.75, 3.05) is 0 Å². The van der Waals surface area contributed by atoms with Gasteiger partial charge in [0.25, 0.3) is 0 Å². The number of aromatic hydroxyl groups is 1. The third-order valence-electron chi connectivity index (χ3n) is 5.48. The van der Waals surface area contributed by atoms with E-state index in [2.05, 4.69) is 0 Å². The maximum absolute atomic E-state index is 14.2. The fourth-order valence-corrected chi connectivity index (χ4v) is 4.25. The van der Waals surface area contributed by atoms with Gasteiger partial charge in [0.15, 0.2) is 0 Å². The zero-order valence-electron chi connectivity index (χ0n) is 14.9. The van der Waals surface area contributed by atoms with E-state index in [1.165, 1.54) is 30.3 Å². The van der Waals surface area contributed by atoms with Crippen LogP contribution < -0.4 is 0 Å². The monoisotopic (exact) mass is 391 g/mol. The molecule has 1 N–H and O–H groups in total. The number of fused-ring (bicyclic) bond motifs is 1. The summed E-state index contributed by atoms with van der Waals surface area (Å²) >= 11 is 0. The zero-order chi connectivity index (χ0) is 20.3. The number of aldehydes is 1. The number of halogens is 4. The van der Waals surface area contributed by atoms with Gasteiger partial charge in [-0.3, -0.25) is 0 Å². The number of hydrogen-bond donors (Lipinski definition) is 1. The quantitative estimate of drug-likeness (QED) is 0.468. The molecule has 0 bridgehead atoms. The minimum absolute atomic E-state index is 0.00995. The van der Waals surface area contributed by atoms with Crippen LogP contribution in [0.3, 0.4) is 0 Å². The first-order chi connectivity index (χ1) is 13.1. The van der Waals surface area contributed by atoms with E-state index in [0.717, 1.165) is 23.0 Å². The molecule has 0 atom stereocenters. The summed E-state index contributed by atoms with van der Waals surface area (Å²) in [7, 11) is 0. The van der Waals surface area contributed by atoms with Crippen LogP contribution in [0.2, 0.25) is 0 Å². The van der Waals surface area contributed by atoms with Crippen molar-refractivity contribution in [3.63, 3.8) is 0 Å². The number of aromatic nitrogens is 1. The van der Waals surface area contributed by atoms with Crippen molar-refractivity contribution in [1.29, 1.82) is 0 Å². The van der Waals surface area contributed by atoms with Crippen molar-refractivity contribution in [1.82, 2.24) is 4.57 Å². The molecule has 1 aliphatic rings. The number of carbonyl (C=O) groups excluding carboxylic acids is 1. The van der Waals surface area contributed by atoms with E-state index in [1.807, 2.05) is 0 Å². The summed E-state index contributed by atoms with van der Waals surface area (Å²) in [6, 6.07) is 9.04. The molecule has 0 spiro atoms. The number of nitrogens with zero attached hydrogens (tertiary/aromatic N) is 1. The number of rotatable bonds is 3. The van der Waals surface area contributed by atoms with E-state index < -0.39 is 29.0 Å². The molecule has 1 saturated carbocycles. The molecular weight excluding hydrogens is 374 g/mol. The van der Waals surface area contributed by atoms with Gasteiger partial charge in [-0.05, 0) is 60.7 Å². The van der Waals surface area contributed by atoms with Crippen molar-refractivity contribution >= 4 is 17.2 Å². The van der Waals surface area contributed by atoms with Crippen molar-refractivity contribution in [2.45, 2.75) is 31.9 Å². The summed E-state index contributed by atoms with van der Waals surface area (Å²) in [4.78, 5) is 11.2. The average molecular weight is 391 g/mol. The molecule has 3 aromatic rings. The third kappa shape index (κ3) is 2.77. The maximum Gasteiger partial charge on any atom is 0.432 e. The van der Waals surface area contributed by atoms with E-state index in [4.69, 9.17) is 0 Å². The van der Waals surface area contributed by atoms with E-state index in [1.54, 1.807) is 6.92 Å². The predicted octanol–water partition coefficient (Wildman–Crippen LogP) is 5.58. The summed E-state index contributed by atoms with van der Waals surface area (Å²) < 4.78 is 56.9. The van der Waals surface area contributed by atoms with Crippen LogP contribution in [0.4, 0.5) is 17.6 Å². The molecule has 7 heteroatoms. The molecule has 1 aliphatic carbocycles. The Morgan fingerprint density at radius 1 is 1.14 bits per heavy atom. The van der Waals surface area contributed by atoms with Gasteiger partial charge >= 0.3 is 6.18 Å². The number of phenols is 1. The second kappa shape index (κ2) is 6.09. The Labute approximate surface area is 158 Å². The molecule has 1 fully saturated rings. The zero-order valence-corrected chi connectivity index (χ0v) is 14.9. The molecule has 3 nitrogen and oxygen atoms in total. The predicted molar refractivity (Wildman–Crippen MR) is 96.0 cm³/mol. The standard InChI is InChI=1S/C21H17F4NO2/c1-20(11-27)9-12(10-20)17-18-15(3-2-4-16(18)28)26(19(17)21(23,24)25)14-7-5-13(22)6-8-14/h2-8,11-12,28H,9-10H2,1H3. The molecule has 0 radical (unpaired) electrons. The molecule has 146 valence electrons. The molecule has 0 amide bonds. The fourth-order valence-electron chi connectivity index (χ4n) is 4.25. The van der Waals surface area contributed by atoms with Gasteiger partial charge in [-0.25, -0.2) is 4.39 Å². The molecule has 2 aromatic carbocycles. The molecule has 0 aliphatic heterocycles. The minimum Gasteiger partial charge on any atom is -0.507 e. The van der Waals surface area contributed by atoms with Crippen LogP contribution in [0.5, 0.6) is 5.75 Å². The maximum atomic E-state index is 14.2. The Bertz CT molecular complexity index is 1060. The molecule has 0 unspecified atom stereocenters. The van der Waals surface area contributed by atoms with Gasteiger partial charge in [0, 0.05) is 16.5 Å². The van der Waals surface area contributed by atoms with Gasteiger partial charge in [-0.2, -0.15) is 13.2 Å². The Morgan fingerprint density at radius 2 is 1.79 bits per heavy atom. The molecule has 1 heterocycles. The van der Waals surface area contributed by atoms with Crippen LogP contribution in [0, 0.1) is 11.2 Å². The highest BCUT2D eigenvalue weighted by molar-refractivity contribution is 5.93. The number of carbonyl (C=O) groups is 1. The van der Waals surface area contributed by atoms with E-state index >= 15 is 0 Å². The van der Waals surface area contributed by atoms with Crippen LogP contribution in [0.1, 0.15) is 36.9 Å². The van der Waals surface area contributed by atoms with Gasteiger partial charge in [0.05, 0.1) is 5.52 Å². The number of benzene rings is 2. The SMILES string of the molecule is CC1(C=O)CC(c2c(C(F)(F)F)n(-c3ccc(F)cc3)c3cccc(O)c23)C1. The Balaban J connectivity index is 2.05. The summed E-state index contributed by atoms with van der Waals surface area (Å²) in [5.41, 5.74) is -1.23. The van der Waals surface area contributed by atoms with Crippen LogP contribution in [0.25, 0.3) is 16.6 Å². The van der Waals surface area contributed by atoms with Crippen LogP contribution in [-0.2, 0) is 11.0 Å². The number of hydrogen-bond acceptors (Lipinski definition) is 2. The summed E-state index contributed by atoms with van der Waals surface area (Å²) in [6.07, 6.45) is -3.38. The third-order valence-corrected chi connectivity index (χ3v) is 5.48. The highest BCUT2D eigenvalue weighted by Gasteiger charge is 2.48. The highest BCUT2D eigenvalue weighted by atomic mass is 19.4. The van der Waals surface area contributed by atoms with Crippen molar-refractivity contribution in [3.8, 4) is 11.4 Å². The Kier molecular flexibility index (Phi) is 4.03. The summed E-state index contributed by atoms with van der Waals surface area (Å²) in [6.45, 7) is 1.71. The average Bonchev–Trinajstić information content (AvgIpc) is 2.96. The number of phenolic OH excluding ortho intramolecular Hbond substituents is 1. The lowest BCUT2D eigenvalue weighted by Gasteiger charge is -2.41. The first kappa shape index (κ1) is 18.5. The van der Waals surface area contributed by atoms with Crippen LogP contribution in [-0.4, -0.2) is 16.0 Å². The summed E-state index contributed by atoms with van der Waals surface area (Å²) in [5.74, 6) is -1.32. The lowest BCUT2D eigenvalue weighted by molar-refractivity contribution is -0.143. The fraction of sp³-hybridized carbons (Fsp3) is 0.286. The van der Waals surface area contributed by atoms with Gasteiger partial charge in [0.2, 0.25) is 0 Å². The lowest BCUT2D eigenvalue weighted by Crippen LogP contribution is -2.35. The Morgan fingerprint density at radius 3 is 2.36 bits per heavy atom. The van der Waals surface area contributed by atoms with E-state index in [9.17, 15) is 27.5 Å². The van der Waals surface area contributed by atoms with Crippen molar-refractivity contribution < 1.29 is 27.5 Å². The highest BCUT2D eigenvalue weighted by Crippen LogP contribution is 2.56. The number of alkyl halides is 3. The largest absolute Gasteiger partial charge is 0.507 e. The second-order valence-corrected chi connectivity index (χ2v) is 7.62. The normalized spacial score (nSPS) is 22.2. The molecule has 28 heavy (non-hydrogen) atoms. The van der Waals surface area contributed by atoms with Gasteiger partial charge in [-0.15, -0.1) is 0 Å². The van der Waals surface area contributed by atoms with E-state index in [-0.39, 0.29) is 40.7 Å². The molecule has 4 rings (SSSR count). The Hall–Kier alpha value is -2.83. The van der Waals surface area contributed by atoms with Gasteiger partial charge in [0.1, 0.15) is 23.5 Å². The van der Waals surface area contributed by atoms with Crippen molar-refractivity contribution in [2.24, 2.45) is 5.41 Å². The molecular formula is C21H17F4NO2. The summed E-state index contributed by atoms with van der Waals surface area (Å²) in [5, 5.41) is 10.5. The topological polar surface area (TPSA) is 42.2 Å². The molecule has 0 saturated heterocycles. The minimum atomic E-state index is -4.71. The molecule has 1 aromatic heterocycles. The van der Waals surface area contributed by atoms with Gasteiger partial charge < -0.3 is 14.5 Å². The second-order valence-electron chi connectivity index (χ2n) is 7.62. The van der Waals surface area contributed by atoms with Crippen molar-refractivity contribution in [3.05, 3.63) is 59.5 Å². The van der Waals surface area contributed by atoms with Crippen LogP contribution >= 0.6 is 0 Å². The first-order valence-corrected chi connectivity index (χ1v) is 8.80. The first-order valence-electron chi connectivity index (χ1n) is 8.80. The van der Waals surface area contributed by atoms with Gasteiger partial charge in [-0.1, -0.05) is 13.0 Å². The van der Waals surface area contributed by atoms with Crippen LogP contribution in [0.15, 0.2) is 42.5 Å². The van der Waals surface area contributed by atoms with E-state index in [0.29, 0.717) is 0 Å².